The highest BCUT2D eigenvalue weighted by molar-refractivity contribution is 6.27. The van der Waals surface area contributed by atoms with Crippen LogP contribution in [0.1, 0.15) is 52.4 Å². The summed E-state index contributed by atoms with van der Waals surface area (Å²) in [7, 11) is 0. The number of amides is 2. The zero-order valence-electron chi connectivity index (χ0n) is 21.6. The number of aliphatic hydroxyl groups is 2. The monoisotopic (exact) mass is 530 g/mol. The molecular weight excluding hydrogens is 492 g/mol. The van der Waals surface area contributed by atoms with Crippen LogP contribution in [-0.2, 0) is 14.4 Å². The molecule has 5 aliphatic rings. The lowest BCUT2D eigenvalue weighted by Crippen LogP contribution is -2.50. The van der Waals surface area contributed by atoms with Crippen LogP contribution in [0.15, 0.2) is 35.6 Å². The second kappa shape index (κ2) is 10.6. The molecule has 3 saturated carbocycles. The molecule has 0 unspecified atom stereocenters. The van der Waals surface area contributed by atoms with E-state index in [-0.39, 0.29) is 46.3 Å². The maximum Gasteiger partial charge on any atom is 0.259 e. The fourth-order valence-corrected chi connectivity index (χ4v) is 9.05. The van der Waals surface area contributed by atoms with Crippen LogP contribution in [0.25, 0.3) is 0 Å². The summed E-state index contributed by atoms with van der Waals surface area (Å²) in [6, 6.07) is -0.691. The number of alkyl halides is 1. The first-order valence-corrected chi connectivity index (χ1v) is 14.4. The Bertz CT molecular complexity index is 1040. The summed E-state index contributed by atoms with van der Waals surface area (Å²) in [5, 5.41) is 27.5. The van der Waals surface area contributed by atoms with Gasteiger partial charge in [-0.05, 0) is 91.6 Å². The third kappa shape index (κ3) is 4.67. The van der Waals surface area contributed by atoms with Crippen molar-refractivity contribution in [2.75, 3.05) is 6.54 Å². The molecular formula is C29H39ClN2O5. The lowest BCUT2D eigenvalue weighted by Gasteiger charge is -2.46. The molecule has 0 aromatic rings. The Kier molecular flexibility index (Phi) is 7.56. The Morgan fingerprint density at radius 3 is 2.59 bits per heavy atom. The summed E-state index contributed by atoms with van der Waals surface area (Å²) >= 11 is 7.00. The second-order valence-electron chi connectivity index (χ2n) is 11.8. The Morgan fingerprint density at radius 2 is 1.84 bits per heavy atom. The summed E-state index contributed by atoms with van der Waals surface area (Å²) in [6.07, 6.45) is 10.7. The van der Waals surface area contributed by atoms with Gasteiger partial charge in [0.1, 0.15) is 11.3 Å². The molecule has 3 aliphatic carbocycles. The van der Waals surface area contributed by atoms with Crippen molar-refractivity contribution in [3.63, 3.8) is 0 Å². The number of hydrogen-bond acceptors (Lipinski definition) is 5. The van der Waals surface area contributed by atoms with Gasteiger partial charge in [-0.15, -0.1) is 11.6 Å². The normalized spacial score (nSPS) is 46.1. The minimum Gasteiger partial charge on any atom is -0.507 e. The van der Waals surface area contributed by atoms with E-state index in [0.717, 1.165) is 19.3 Å². The van der Waals surface area contributed by atoms with Crippen LogP contribution < -0.4 is 10.6 Å². The van der Waals surface area contributed by atoms with Gasteiger partial charge in [0.15, 0.2) is 5.78 Å². The van der Waals surface area contributed by atoms with Crippen molar-refractivity contribution in [3.8, 4) is 0 Å². The SMILES string of the molecule is CC[C@H]1[C@@H]2[C@H](Cl)[C@@H](O)[C@@H]3[C@@H](C[C@@H]4/C=C\C(O)=C5C(=O)N[C@@H](CCCNC(=O)/C=C/C[C@@H]34)C5=O)[C@@H]2C[C@H]1C. The van der Waals surface area contributed by atoms with E-state index in [2.05, 4.69) is 24.5 Å². The van der Waals surface area contributed by atoms with E-state index in [1.807, 2.05) is 12.2 Å². The van der Waals surface area contributed by atoms with Crippen molar-refractivity contribution in [2.45, 2.75) is 69.9 Å². The quantitative estimate of drug-likeness (QED) is 0.306. The molecule has 2 heterocycles. The predicted molar refractivity (Wildman–Crippen MR) is 140 cm³/mol. The molecule has 0 aromatic heterocycles. The lowest BCUT2D eigenvalue weighted by molar-refractivity contribution is -0.118. The molecule has 11 atom stereocenters. The van der Waals surface area contributed by atoms with Gasteiger partial charge < -0.3 is 20.8 Å². The number of halogens is 1. The highest BCUT2D eigenvalue weighted by Gasteiger charge is 2.60. The van der Waals surface area contributed by atoms with Gasteiger partial charge in [-0.25, -0.2) is 0 Å². The summed E-state index contributed by atoms with van der Waals surface area (Å²) < 4.78 is 0. The topological polar surface area (TPSA) is 116 Å². The van der Waals surface area contributed by atoms with Gasteiger partial charge in [0.05, 0.1) is 17.5 Å². The average Bonchev–Trinajstić information content (AvgIpc) is 3.48. The van der Waals surface area contributed by atoms with E-state index in [1.165, 1.54) is 6.08 Å². The summed E-state index contributed by atoms with van der Waals surface area (Å²) in [4.78, 5) is 37.7. The van der Waals surface area contributed by atoms with E-state index in [4.69, 9.17) is 11.6 Å². The number of hydrogen-bond donors (Lipinski definition) is 4. The van der Waals surface area contributed by atoms with E-state index in [1.54, 1.807) is 6.08 Å². The summed E-state index contributed by atoms with van der Waals surface area (Å²) in [5.41, 5.74) is -0.194. The van der Waals surface area contributed by atoms with Crippen molar-refractivity contribution >= 4 is 29.2 Å². The maximum atomic E-state index is 12.8. The molecule has 202 valence electrons. The first kappa shape index (κ1) is 26.5. The van der Waals surface area contributed by atoms with Gasteiger partial charge in [0, 0.05) is 6.54 Å². The number of fused-ring (bicyclic) bond motifs is 7. The minimum absolute atomic E-state index is 0.0108. The van der Waals surface area contributed by atoms with Crippen molar-refractivity contribution in [2.24, 2.45) is 47.3 Å². The Labute approximate surface area is 223 Å². The molecule has 8 heteroatoms. The summed E-state index contributed by atoms with van der Waals surface area (Å²) in [6.45, 7) is 4.90. The molecule has 0 spiro atoms. The molecule has 0 radical (unpaired) electrons. The van der Waals surface area contributed by atoms with Crippen LogP contribution in [-0.4, -0.2) is 51.9 Å². The molecule has 5 rings (SSSR count). The largest absolute Gasteiger partial charge is 0.507 e. The van der Waals surface area contributed by atoms with Crippen molar-refractivity contribution in [1.82, 2.24) is 10.6 Å². The molecule has 2 amide bonds. The molecule has 2 bridgehead atoms. The van der Waals surface area contributed by atoms with Crippen molar-refractivity contribution in [1.29, 1.82) is 0 Å². The molecule has 1 saturated heterocycles. The predicted octanol–water partition coefficient (Wildman–Crippen LogP) is 3.43. The lowest BCUT2D eigenvalue weighted by atomic mass is 9.63. The molecule has 0 aromatic carbocycles. The maximum absolute atomic E-state index is 12.8. The van der Waals surface area contributed by atoms with Crippen molar-refractivity contribution in [3.05, 3.63) is 35.6 Å². The highest BCUT2D eigenvalue weighted by Crippen LogP contribution is 2.62. The first-order chi connectivity index (χ1) is 17.7. The smallest absolute Gasteiger partial charge is 0.259 e. The zero-order valence-corrected chi connectivity index (χ0v) is 22.4. The van der Waals surface area contributed by atoms with Gasteiger partial charge in [-0.1, -0.05) is 32.4 Å². The van der Waals surface area contributed by atoms with Gasteiger partial charge in [-0.2, -0.15) is 0 Å². The Morgan fingerprint density at radius 1 is 1.08 bits per heavy atom. The first-order valence-electron chi connectivity index (χ1n) is 14.0. The Balaban J connectivity index is 1.49. The van der Waals surface area contributed by atoms with E-state index < -0.39 is 23.8 Å². The van der Waals surface area contributed by atoms with Crippen LogP contribution in [0.4, 0.5) is 0 Å². The van der Waals surface area contributed by atoms with Crippen LogP contribution >= 0.6 is 11.6 Å². The van der Waals surface area contributed by atoms with Crippen molar-refractivity contribution < 1.29 is 24.6 Å². The molecule has 2 aliphatic heterocycles. The third-order valence-electron chi connectivity index (χ3n) is 10.1. The van der Waals surface area contributed by atoms with Gasteiger partial charge in [0.2, 0.25) is 5.91 Å². The fraction of sp³-hybridized carbons (Fsp3) is 0.690. The molecule has 4 N–H and O–H groups in total. The van der Waals surface area contributed by atoms with Crippen LogP contribution in [0.3, 0.4) is 0 Å². The van der Waals surface area contributed by atoms with Gasteiger partial charge >= 0.3 is 0 Å². The van der Waals surface area contributed by atoms with Crippen LogP contribution in [0.2, 0.25) is 0 Å². The van der Waals surface area contributed by atoms with Gasteiger partial charge in [0.25, 0.3) is 5.91 Å². The number of aliphatic hydroxyl groups excluding tert-OH is 2. The average molecular weight is 531 g/mol. The molecule has 7 nitrogen and oxygen atoms in total. The second-order valence-corrected chi connectivity index (χ2v) is 12.4. The number of rotatable bonds is 1. The van der Waals surface area contributed by atoms with E-state index in [0.29, 0.717) is 49.5 Å². The number of ketones is 1. The number of carbonyl (C=O) groups is 3. The van der Waals surface area contributed by atoms with Crippen LogP contribution in [0, 0.1) is 47.3 Å². The highest BCUT2D eigenvalue weighted by atomic mass is 35.5. The fourth-order valence-electron chi connectivity index (χ4n) is 8.51. The minimum atomic E-state index is -0.691. The van der Waals surface area contributed by atoms with E-state index in [9.17, 15) is 24.6 Å². The van der Waals surface area contributed by atoms with Gasteiger partial charge in [-0.3, -0.25) is 14.4 Å². The third-order valence-corrected chi connectivity index (χ3v) is 10.6. The zero-order chi connectivity index (χ0) is 26.4. The number of Topliss-reactive ketones (excluding diaryl/α,β-unsaturated/α-hetero) is 1. The van der Waals surface area contributed by atoms with Crippen LogP contribution in [0.5, 0.6) is 0 Å². The summed E-state index contributed by atoms with van der Waals surface area (Å²) in [5.74, 6) is 0.670. The Hall–Kier alpha value is -2.12. The molecule has 4 fully saturated rings. The number of nitrogens with one attached hydrogen (secondary N) is 2. The number of allylic oxidation sites excluding steroid dienone is 3. The standard InChI is InChI=1S/C29H39ClN2O5/c1-3-16-14(2)12-18-19-13-15-9-10-21(33)25-27(35)20(32-29(25)37)7-5-11-31-22(34)8-4-6-17(15)24(19)28(36)26(30)23(16)18/h4,8-10,14-20,23-24,26,28,33,36H,3,5-7,11-13H2,1-2H3,(H,31,34)(H,32,37)/b8-4+,10-9-,25-21?/t14-,15+,16-,17-,18+,19+,20+,23+,24+,26+,28+/m1/s1. The number of carbonyl (C=O) groups excluding carboxylic acids is 3. The molecule has 37 heavy (non-hydrogen) atoms. The van der Waals surface area contributed by atoms with E-state index >= 15 is 0 Å².